The zero-order valence-electron chi connectivity index (χ0n) is 23.4. The number of piperidine rings is 1. The minimum absolute atomic E-state index is 0.00512. The fourth-order valence-electron chi connectivity index (χ4n) is 5.06. The van der Waals surface area contributed by atoms with Gasteiger partial charge in [0.2, 0.25) is 5.95 Å². The van der Waals surface area contributed by atoms with Crippen LogP contribution in [0.2, 0.25) is 5.02 Å². The van der Waals surface area contributed by atoms with E-state index >= 15 is 0 Å². The molecule has 0 bridgehead atoms. The van der Waals surface area contributed by atoms with Gasteiger partial charge in [0.1, 0.15) is 0 Å². The van der Waals surface area contributed by atoms with Crippen LogP contribution < -0.4 is 21.9 Å². The number of benzene rings is 1. The number of aryl methyl sites for hydroxylation is 1. The zero-order chi connectivity index (χ0) is 28.8. The number of nitrogens with two attached hydrogens (primary N) is 1. The maximum Gasteiger partial charge on any atom is 0.338 e. The summed E-state index contributed by atoms with van der Waals surface area (Å²) in [5.41, 5.74) is 6.41. The van der Waals surface area contributed by atoms with Crippen molar-refractivity contribution in [3.8, 4) is 11.8 Å². The summed E-state index contributed by atoms with van der Waals surface area (Å²) in [6.45, 7) is 5.58. The van der Waals surface area contributed by atoms with E-state index in [9.17, 15) is 14.4 Å². The van der Waals surface area contributed by atoms with Crippen LogP contribution in [0.4, 0.5) is 5.95 Å². The summed E-state index contributed by atoms with van der Waals surface area (Å²) >= 11 is 6.21. The van der Waals surface area contributed by atoms with Gasteiger partial charge >= 0.3 is 11.7 Å². The molecular weight excluding hydrogens is 532 g/mol. The topological polar surface area (TPSA) is 117 Å². The largest absolute Gasteiger partial charge is 0.462 e. The number of imidazole rings is 1. The van der Waals surface area contributed by atoms with Gasteiger partial charge in [0.15, 0.2) is 11.2 Å². The summed E-state index contributed by atoms with van der Waals surface area (Å²) in [6.07, 6.45) is 5.71. The molecule has 1 unspecified atom stereocenters. The fourth-order valence-corrected chi connectivity index (χ4v) is 5.23. The van der Waals surface area contributed by atoms with Crippen LogP contribution in [-0.4, -0.2) is 50.4 Å². The molecule has 0 radical (unpaired) electrons. The van der Waals surface area contributed by atoms with E-state index in [1.54, 1.807) is 30.7 Å². The Hall–Kier alpha value is -3.55. The molecule has 1 aliphatic rings. The molecular formula is C29H37ClN6O4. The van der Waals surface area contributed by atoms with E-state index in [4.69, 9.17) is 27.1 Å². The van der Waals surface area contributed by atoms with Gasteiger partial charge in [0.25, 0.3) is 5.56 Å². The van der Waals surface area contributed by atoms with Crippen LogP contribution in [0.1, 0.15) is 68.3 Å². The van der Waals surface area contributed by atoms with Crippen molar-refractivity contribution in [3.63, 3.8) is 0 Å². The standard InChI is InChI=1S/C29H37ClN6O4/c1-4-6-8-9-16-40-27(38)23-17-21(30)13-12-20(23)18-36-26(37)24-25(33(3)29(36)39)32-28(35(24)15-7-5-2)34-14-10-11-22(31)19-34/h12-13,17,22H,4,6,8-11,14-16,18-19,31H2,1-3H3. The Labute approximate surface area is 238 Å². The van der Waals surface area contributed by atoms with Gasteiger partial charge in [-0.1, -0.05) is 49.8 Å². The molecule has 1 saturated heterocycles. The predicted molar refractivity (Wildman–Crippen MR) is 157 cm³/mol. The number of esters is 1. The van der Waals surface area contributed by atoms with Gasteiger partial charge in [-0.25, -0.2) is 9.59 Å². The number of rotatable bonds is 10. The van der Waals surface area contributed by atoms with Gasteiger partial charge < -0.3 is 15.4 Å². The maximum atomic E-state index is 13.9. The van der Waals surface area contributed by atoms with Crippen molar-refractivity contribution in [2.24, 2.45) is 12.8 Å². The van der Waals surface area contributed by atoms with Gasteiger partial charge in [0.05, 0.1) is 25.3 Å². The van der Waals surface area contributed by atoms with Crippen molar-refractivity contribution in [2.45, 2.75) is 71.5 Å². The van der Waals surface area contributed by atoms with Crippen molar-refractivity contribution in [3.05, 3.63) is 55.2 Å². The number of carbonyl (C=O) groups is 1. The molecule has 2 N–H and O–H groups in total. The first-order valence-corrected chi connectivity index (χ1v) is 14.2. The Bertz CT molecular complexity index is 1560. The molecule has 0 aliphatic carbocycles. The second-order valence-corrected chi connectivity index (χ2v) is 10.6. The molecule has 10 nitrogen and oxygen atoms in total. The first kappa shape index (κ1) is 29.4. The highest BCUT2D eigenvalue weighted by atomic mass is 35.5. The number of hydrogen-bond donors (Lipinski definition) is 1. The second kappa shape index (κ2) is 13.2. The minimum atomic E-state index is -0.542. The van der Waals surface area contributed by atoms with Crippen molar-refractivity contribution in [1.29, 1.82) is 0 Å². The van der Waals surface area contributed by atoms with E-state index in [0.717, 1.165) is 49.6 Å². The summed E-state index contributed by atoms with van der Waals surface area (Å²) in [5, 5.41) is 0.359. The lowest BCUT2D eigenvalue weighted by atomic mass is 10.1. The van der Waals surface area contributed by atoms with E-state index < -0.39 is 17.2 Å². The molecule has 2 aromatic heterocycles. The highest BCUT2D eigenvalue weighted by Crippen LogP contribution is 2.23. The summed E-state index contributed by atoms with van der Waals surface area (Å²) in [5.74, 6) is 5.94. The van der Waals surface area contributed by atoms with Crippen LogP contribution in [0.3, 0.4) is 0 Å². The SMILES string of the molecule is CC#CCn1c(N2CCCC(N)C2)nc2c1c(=O)n(Cc1ccc(Cl)cc1C(=O)OCCCCCC)c(=O)n2C. The quantitative estimate of drug-likeness (QED) is 0.226. The van der Waals surface area contributed by atoms with E-state index in [1.165, 1.54) is 10.6 Å². The zero-order valence-corrected chi connectivity index (χ0v) is 24.2. The molecule has 3 heterocycles. The minimum Gasteiger partial charge on any atom is -0.462 e. The average molecular weight is 569 g/mol. The normalized spacial score (nSPS) is 15.2. The Morgan fingerprint density at radius 2 is 2.02 bits per heavy atom. The lowest BCUT2D eigenvalue weighted by Gasteiger charge is -2.31. The van der Waals surface area contributed by atoms with E-state index in [2.05, 4.69) is 18.8 Å². The number of unbranched alkanes of at least 4 members (excludes halogenated alkanes) is 3. The molecule has 0 amide bonds. The Morgan fingerprint density at radius 3 is 2.75 bits per heavy atom. The van der Waals surface area contributed by atoms with Gasteiger partial charge in [-0.05, 0) is 43.9 Å². The molecule has 1 atom stereocenters. The van der Waals surface area contributed by atoms with Crippen molar-refractivity contribution in [2.75, 3.05) is 24.6 Å². The summed E-state index contributed by atoms with van der Waals surface area (Å²) in [4.78, 5) is 47.1. The van der Waals surface area contributed by atoms with Gasteiger partial charge in [-0.2, -0.15) is 4.98 Å². The first-order valence-electron chi connectivity index (χ1n) is 13.8. The third-order valence-electron chi connectivity index (χ3n) is 7.22. The van der Waals surface area contributed by atoms with Crippen LogP contribution in [0.15, 0.2) is 27.8 Å². The van der Waals surface area contributed by atoms with E-state index in [1.807, 2.05) is 4.90 Å². The van der Waals surface area contributed by atoms with Crippen molar-refractivity contribution >= 4 is 34.7 Å². The number of aromatic nitrogens is 4. The van der Waals surface area contributed by atoms with Crippen LogP contribution in [0, 0.1) is 11.8 Å². The second-order valence-electron chi connectivity index (χ2n) is 10.2. The molecule has 3 aromatic rings. The Balaban J connectivity index is 1.77. The number of anilines is 1. The number of ether oxygens (including phenoxy) is 1. The average Bonchev–Trinajstić information content (AvgIpc) is 3.33. The smallest absolute Gasteiger partial charge is 0.338 e. The molecule has 1 aliphatic heterocycles. The number of nitrogens with zero attached hydrogens (tertiary/aromatic N) is 5. The van der Waals surface area contributed by atoms with Crippen LogP contribution in [-0.2, 0) is 24.9 Å². The fraction of sp³-hybridized carbons (Fsp3) is 0.517. The molecule has 0 spiro atoms. The Morgan fingerprint density at radius 1 is 1.23 bits per heavy atom. The number of hydrogen-bond acceptors (Lipinski definition) is 7. The molecule has 1 fully saturated rings. The molecule has 40 heavy (non-hydrogen) atoms. The Kier molecular flexibility index (Phi) is 9.71. The highest BCUT2D eigenvalue weighted by Gasteiger charge is 2.26. The summed E-state index contributed by atoms with van der Waals surface area (Å²) < 4.78 is 9.73. The molecule has 11 heteroatoms. The predicted octanol–water partition coefficient (Wildman–Crippen LogP) is 3.29. The summed E-state index contributed by atoms with van der Waals surface area (Å²) in [6, 6.07) is 4.78. The summed E-state index contributed by atoms with van der Waals surface area (Å²) in [7, 11) is 1.59. The molecule has 1 aromatic carbocycles. The molecule has 0 saturated carbocycles. The highest BCUT2D eigenvalue weighted by molar-refractivity contribution is 6.31. The van der Waals surface area contributed by atoms with E-state index in [-0.39, 0.29) is 35.9 Å². The lowest BCUT2D eigenvalue weighted by Crippen LogP contribution is -2.44. The van der Waals surface area contributed by atoms with Crippen molar-refractivity contribution < 1.29 is 9.53 Å². The number of fused-ring (bicyclic) bond motifs is 1. The third-order valence-corrected chi connectivity index (χ3v) is 7.45. The van der Waals surface area contributed by atoms with E-state index in [0.29, 0.717) is 29.7 Å². The number of carbonyl (C=O) groups excluding carboxylic acids is 1. The molecule has 4 rings (SSSR count). The third kappa shape index (κ3) is 6.26. The van der Waals surface area contributed by atoms with Gasteiger partial charge in [-0.3, -0.25) is 18.5 Å². The first-order chi connectivity index (χ1) is 19.3. The van der Waals surface area contributed by atoms with Gasteiger partial charge in [-0.15, -0.1) is 5.92 Å². The lowest BCUT2D eigenvalue weighted by molar-refractivity contribution is 0.0496. The maximum absolute atomic E-state index is 13.9. The number of halogens is 1. The monoisotopic (exact) mass is 568 g/mol. The van der Waals surface area contributed by atoms with Crippen LogP contribution in [0.5, 0.6) is 0 Å². The van der Waals surface area contributed by atoms with Crippen LogP contribution in [0.25, 0.3) is 11.2 Å². The molecule has 214 valence electrons. The van der Waals surface area contributed by atoms with Crippen LogP contribution >= 0.6 is 11.6 Å². The van der Waals surface area contributed by atoms with Crippen molar-refractivity contribution in [1.82, 2.24) is 18.7 Å². The van der Waals surface area contributed by atoms with Gasteiger partial charge in [0, 0.05) is 31.2 Å².